The topological polar surface area (TPSA) is 36.0 Å². The molecule has 2 heterocycles. The van der Waals surface area contributed by atoms with Gasteiger partial charge in [0.15, 0.2) is 0 Å². The second kappa shape index (κ2) is 8.65. The van der Waals surface area contributed by atoms with Gasteiger partial charge in [-0.25, -0.2) is 0 Å². The molecule has 0 atom stereocenters. The Labute approximate surface area is 167 Å². The molecule has 0 saturated carbocycles. The van der Waals surface area contributed by atoms with Crippen LogP contribution in [0.25, 0.3) is 0 Å². The molecule has 0 radical (unpaired) electrons. The van der Waals surface area contributed by atoms with E-state index in [1.54, 1.807) is 7.11 Å². The van der Waals surface area contributed by atoms with Crippen LogP contribution in [0.4, 0.5) is 5.69 Å². The van der Waals surface area contributed by atoms with Gasteiger partial charge in [0.25, 0.3) is 5.91 Å². The molecular formula is C23H29N3O2. The van der Waals surface area contributed by atoms with Crippen LogP contribution >= 0.6 is 0 Å². The van der Waals surface area contributed by atoms with Crippen molar-refractivity contribution in [3.8, 4) is 5.75 Å². The smallest absolute Gasteiger partial charge is 0.253 e. The Kier molecular flexibility index (Phi) is 5.81. The minimum absolute atomic E-state index is 0.132. The van der Waals surface area contributed by atoms with Crippen molar-refractivity contribution in [1.82, 2.24) is 9.80 Å². The second-order valence-electron chi connectivity index (χ2n) is 7.63. The molecule has 0 aromatic heterocycles. The summed E-state index contributed by atoms with van der Waals surface area (Å²) < 4.78 is 5.48. The lowest BCUT2D eigenvalue weighted by atomic mass is 10.1. The van der Waals surface area contributed by atoms with E-state index in [1.165, 1.54) is 31.5 Å². The SMILES string of the molecule is COc1ccccc1N1CCN(C(=O)c2ccc(CN3CCCC3)cc2)CC1. The highest BCUT2D eigenvalue weighted by Crippen LogP contribution is 2.28. The largest absolute Gasteiger partial charge is 0.495 e. The summed E-state index contributed by atoms with van der Waals surface area (Å²) in [6, 6.07) is 16.3. The van der Waals surface area contributed by atoms with Gasteiger partial charge in [0.1, 0.15) is 5.75 Å². The van der Waals surface area contributed by atoms with E-state index in [2.05, 4.69) is 28.0 Å². The standard InChI is InChI=1S/C23H29N3O2/c1-28-22-7-3-2-6-21(22)25-14-16-26(17-15-25)23(27)20-10-8-19(9-11-20)18-24-12-4-5-13-24/h2-3,6-11H,4-5,12-18H2,1H3. The van der Waals surface area contributed by atoms with E-state index in [0.717, 1.165) is 49.7 Å². The van der Waals surface area contributed by atoms with Crippen LogP contribution in [0, 0.1) is 0 Å². The summed E-state index contributed by atoms with van der Waals surface area (Å²) in [5.74, 6) is 1.02. The maximum atomic E-state index is 12.9. The van der Waals surface area contributed by atoms with E-state index >= 15 is 0 Å². The third kappa shape index (κ3) is 4.14. The fraction of sp³-hybridized carbons (Fsp3) is 0.435. The maximum Gasteiger partial charge on any atom is 0.253 e. The molecule has 2 aromatic rings. The molecule has 0 aliphatic carbocycles. The van der Waals surface area contributed by atoms with Crippen molar-refractivity contribution in [2.75, 3.05) is 51.3 Å². The molecule has 4 rings (SSSR count). The number of amides is 1. The highest BCUT2D eigenvalue weighted by Gasteiger charge is 2.23. The molecule has 5 heteroatoms. The van der Waals surface area contributed by atoms with E-state index < -0.39 is 0 Å². The Morgan fingerprint density at radius 1 is 0.893 bits per heavy atom. The first-order valence-corrected chi connectivity index (χ1v) is 10.2. The van der Waals surface area contributed by atoms with Crippen molar-refractivity contribution in [2.24, 2.45) is 0 Å². The molecule has 2 aromatic carbocycles. The van der Waals surface area contributed by atoms with Crippen LogP contribution in [0.3, 0.4) is 0 Å². The summed E-state index contributed by atoms with van der Waals surface area (Å²) in [7, 11) is 1.70. The summed E-state index contributed by atoms with van der Waals surface area (Å²) in [5, 5.41) is 0. The number of benzene rings is 2. The Hall–Kier alpha value is -2.53. The average Bonchev–Trinajstić information content (AvgIpc) is 3.27. The number of carbonyl (C=O) groups is 1. The van der Waals surface area contributed by atoms with Gasteiger partial charge in [0.2, 0.25) is 0 Å². The quantitative estimate of drug-likeness (QED) is 0.799. The molecular weight excluding hydrogens is 350 g/mol. The average molecular weight is 380 g/mol. The third-order valence-corrected chi connectivity index (χ3v) is 5.80. The van der Waals surface area contributed by atoms with Crippen LogP contribution in [0.1, 0.15) is 28.8 Å². The van der Waals surface area contributed by atoms with Gasteiger partial charge in [-0.3, -0.25) is 9.69 Å². The van der Waals surface area contributed by atoms with Crippen molar-refractivity contribution in [3.05, 3.63) is 59.7 Å². The van der Waals surface area contributed by atoms with Gasteiger partial charge in [-0.15, -0.1) is 0 Å². The van der Waals surface area contributed by atoms with Crippen molar-refractivity contribution in [2.45, 2.75) is 19.4 Å². The number of carbonyl (C=O) groups excluding carboxylic acids is 1. The predicted octanol–water partition coefficient (Wildman–Crippen LogP) is 3.25. The van der Waals surface area contributed by atoms with Crippen LogP contribution in [0.2, 0.25) is 0 Å². The summed E-state index contributed by atoms with van der Waals surface area (Å²) in [6.45, 7) is 6.47. The number of likely N-dealkylation sites (tertiary alicyclic amines) is 1. The van der Waals surface area contributed by atoms with E-state index in [-0.39, 0.29) is 5.91 Å². The summed E-state index contributed by atoms with van der Waals surface area (Å²) in [6.07, 6.45) is 2.61. The van der Waals surface area contributed by atoms with Gasteiger partial charge < -0.3 is 14.5 Å². The van der Waals surface area contributed by atoms with Crippen LogP contribution < -0.4 is 9.64 Å². The lowest BCUT2D eigenvalue weighted by Gasteiger charge is -2.36. The molecule has 0 bridgehead atoms. The van der Waals surface area contributed by atoms with Gasteiger partial charge in [0, 0.05) is 38.3 Å². The molecule has 0 N–H and O–H groups in total. The number of piperazine rings is 1. The first-order chi connectivity index (χ1) is 13.7. The molecule has 2 saturated heterocycles. The first-order valence-electron chi connectivity index (χ1n) is 10.2. The predicted molar refractivity (Wildman–Crippen MR) is 112 cm³/mol. The van der Waals surface area contributed by atoms with E-state index in [1.807, 2.05) is 35.2 Å². The summed E-state index contributed by atoms with van der Waals surface area (Å²) in [5.41, 5.74) is 3.18. The van der Waals surface area contributed by atoms with Crippen LogP contribution in [-0.2, 0) is 6.54 Å². The normalized spacial score (nSPS) is 17.8. The number of nitrogens with zero attached hydrogens (tertiary/aromatic N) is 3. The number of hydrogen-bond acceptors (Lipinski definition) is 4. The number of hydrogen-bond donors (Lipinski definition) is 0. The Morgan fingerprint density at radius 3 is 2.25 bits per heavy atom. The summed E-state index contributed by atoms with van der Waals surface area (Å²) >= 11 is 0. The first kappa shape index (κ1) is 18.8. The van der Waals surface area contributed by atoms with Crippen LogP contribution in [0.5, 0.6) is 5.75 Å². The van der Waals surface area contributed by atoms with Gasteiger partial charge >= 0.3 is 0 Å². The molecule has 148 valence electrons. The van der Waals surface area contributed by atoms with Gasteiger partial charge in [-0.1, -0.05) is 24.3 Å². The lowest BCUT2D eigenvalue weighted by molar-refractivity contribution is 0.0746. The van der Waals surface area contributed by atoms with Crippen molar-refractivity contribution in [1.29, 1.82) is 0 Å². The number of para-hydroxylation sites is 2. The monoisotopic (exact) mass is 379 g/mol. The maximum absolute atomic E-state index is 12.9. The fourth-order valence-corrected chi connectivity index (χ4v) is 4.18. The van der Waals surface area contributed by atoms with Crippen molar-refractivity contribution in [3.63, 3.8) is 0 Å². The van der Waals surface area contributed by atoms with Gasteiger partial charge in [-0.05, 0) is 55.8 Å². The molecule has 5 nitrogen and oxygen atoms in total. The third-order valence-electron chi connectivity index (χ3n) is 5.80. The number of anilines is 1. The highest BCUT2D eigenvalue weighted by atomic mass is 16.5. The van der Waals surface area contributed by atoms with Crippen LogP contribution in [-0.4, -0.2) is 62.1 Å². The molecule has 28 heavy (non-hydrogen) atoms. The van der Waals surface area contributed by atoms with Crippen LogP contribution in [0.15, 0.2) is 48.5 Å². The van der Waals surface area contributed by atoms with E-state index in [4.69, 9.17) is 4.74 Å². The van der Waals surface area contributed by atoms with Gasteiger partial charge in [0.05, 0.1) is 12.8 Å². The molecule has 2 aliphatic heterocycles. The highest BCUT2D eigenvalue weighted by molar-refractivity contribution is 5.94. The molecule has 0 spiro atoms. The van der Waals surface area contributed by atoms with E-state index in [9.17, 15) is 4.79 Å². The Morgan fingerprint density at radius 2 is 1.57 bits per heavy atom. The molecule has 1 amide bonds. The number of ether oxygens (including phenoxy) is 1. The Balaban J connectivity index is 1.34. The Bertz CT molecular complexity index is 792. The zero-order valence-corrected chi connectivity index (χ0v) is 16.6. The lowest BCUT2D eigenvalue weighted by Crippen LogP contribution is -2.48. The fourth-order valence-electron chi connectivity index (χ4n) is 4.18. The second-order valence-corrected chi connectivity index (χ2v) is 7.63. The molecule has 2 aliphatic rings. The molecule has 0 unspecified atom stereocenters. The zero-order chi connectivity index (χ0) is 19.3. The zero-order valence-electron chi connectivity index (χ0n) is 16.6. The van der Waals surface area contributed by atoms with E-state index in [0.29, 0.717) is 0 Å². The molecule has 2 fully saturated rings. The number of rotatable bonds is 5. The summed E-state index contributed by atoms with van der Waals surface area (Å²) in [4.78, 5) is 19.6. The van der Waals surface area contributed by atoms with Crippen molar-refractivity contribution >= 4 is 11.6 Å². The number of methoxy groups -OCH3 is 1. The minimum Gasteiger partial charge on any atom is -0.495 e. The van der Waals surface area contributed by atoms with Gasteiger partial charge in [-0.2, -0.15) is 0 Å². The minimum atomic E-state index is 0.132. The van der Waals surface area contributed by atoms with Crippen molar-refractivity contribution < 1.29 is 9.53 Å².